The molecule has 2 atom stereocenters. The second kappa shape index (κ2) is 6.41. The van der Waals surface area contributed by atoms with Gasteiger partial charge in [-0.05, 0) is 31.4 Å². The van der Waals surface area contributed by atoms with Crippen molar-refractivity contribution in [2.75, 3.05) is 6.61 Å². The van der Waals surface area contributed by atoms with Crippen molar-refractivity contribution in [2.24, 2.45) is 5.92 Å². The van der Waals surface area contributed by atoms with Crippen molar-refractivity contribution in [1.29, 1.82) is 0 Å². The zero-order valence-electron chi connectivity index (χ0n) is 11.5. The highest BCUT2D eigenvalue weighted by atomic mass is 16.5. The number of ether oxygens (including phenoxy) is 1. The van der Waals surface area contributed by atoms with E-state index in [1.807, 2.05) is 25.1 Å². The van der Waals surface area contributed by atoms with E-state index in [0.29, 0.717) is 18.6 Å². The van der Waals surface area contributed by atoms with Gasteiger partial charge in [-0.3, -0.25) is 9.59 Å². The highest BCUT2D eigenvalue weighted by Gasteiger charge is 2.33. The van der Waals surface area contributed by atoms with Crippen LogP contribution >= 0.6 is 0 Å². The van der Waals surface area contributed by atoms with Gasteiger partial charge in [0.2, 0.25) is 0 Å². The maximum atomic E-state index is 11.8. The van der Waals surface area contributed by atoms with Crippen LogP contribution in [0, 0.1) is 12.8 Å². The van der Waals surface area contributed by atoms with E-state index in [0.717, 1.165) is 12.0 Å². The summed E-state index contributed by atoms with van der Waals surface area (Å²) in [6, 6.07) is 7.18. The molecule has 1 aliphatic carbocycles. The summed E-state index contributed by atoms with van der Waals surface area (Å²) in [6.45, 7) is 1.82. The first-order valence-corrected chi connectivity index (χ1v) is 6.78. The number of nitrogens with one attached hydrogen (secondary N) is 1. The molecule has 0 heterocycles. The summed E-state index contributed by atoms with van der Waals surface area (Å²) in [5.41, 5.74) is 0.963. The summed E-state index contributed by atoms with van der Waals surface area (Å²) in [7, 11) is 0. The monoisotopic (exact) mass is 277 g/mol. The van der Waals surface area contributed by atoms with Gasteiger partial charge in [0.25, 0.3) is 5.91 Å². The lowest BCUT2D eigenvalue weighted by atomic mass is 10.0. The number of amides is 1. The molecule has 1 saturated carbocycles. The van der Waals surface area contributed by atoms with Crippen LogP contribution in [0.2, 0.25) is 0 Å². The van der Waals surface area contributed by atoms with E-state index < -0.39 is 11.9 Å². The van der Waals surface area contributed by atoms with E-state index in [1.54, 1.807) is 6.07 Å². The fraction of sp³-hybridized carbons (Fsp3) is 0.467. The molecular formula is C15H19NO4. The number of hydrogen-bond donors (Lipinski definition) is 2. The van der Waals surface area contributed by atoms with Crippen LogP contribution in [0.4, 0.5) is 0 Å². The van der Waals surface area contributed by atoms with E-state index in [-0.39, 0.29) is 18.6 Å². The summed E-state index contributed by atoms with van der Waals surface area (Å²) < 4.78 is 5.45. The van der Waals surface area contributed by atoms with Gasteiger partial charge >= 0.3 is 5.97 Å². The predicted molar refractivity (Wildman–Crippen MR) is 73.6 cm³/mol. The third-order valence-corrected chi connectivity index (χ3v) is 3.63. The molecule has 1 amide bonds. The Morgan fingerprint density at radius 1 is 1.35 bits per heavy atom. The van der Waals surface area contributed by atoms with E-state index >= 15 is 0 Å². The third-order valence-electron chi connectivity index (χ3n) is 3.63. The molecule has 108 valence electrons. The van der Waals surface area contributed by atoms with Crippen molar-refractivity contribution in [1.82, 2.24) is 5.32 Å². The lowest BCUT2D eigenvalue weighted by Gasteiger charge is -2.18. The fourth-order valence-corrected chi connectivity index (χ4v) is 2.54. The largest absolute Gasteiger partial charge is 0.484 e. The first-order chi connectivity index (χ1) is 9.58. The van der Waals surface area contributed by atoms with Crippen molar-refractivity contribution in [3.63, 3.8) is 0 Å². The molecule has 0 aliphatic heterocycles. The molecule has 20 heavy (non-hydrogen) atoms. The molecule has 0 aromatic heterocycles. The van der Waals surface area contributed by atoms with Crippen LogP contribution in [0.25, 0.3) is 0 Å². The van der Waals surface area contributed by atoms with Crippen LogP contribution < -0.4 is 10.1 Å². The van der Waals surface area contributed by atoms with Gasteiger partial charge in [0.1, 0.15) is 5.75 Å². The first kappa shape index (κ1) is 14.4. The van der Waals surface area contributed by atoms with Crippen LogP contribution in [-0.4, -0.2) is 29.6 Å². The van der Waals surface area contributed by atoms with Crippen LogP contribution in [0.5, 0.6) is 5.75 Å². The molecule has 1 fully saturated rings. The minimum absolute atomic E-state index is 0.0896. The summed E-state index contributed by atoms with van der Waals surface area (Å²) in [6.07, 6.45) is 2.17. The smallest absolute Gasteiger partial charge is 0.308 e. The van der Waals surface area contributed by atoms with Gasteiger partial charge in [-0.1, -0.05) is 24.6 Å². The van der Waals surface area contributed by atoms with Gasteiger partial charge in [-0.15, -0.1) is 0 Å². The molecule has 0 radical (unpaired) electrons. The molecule has 1 aliphatic rings. The van der Waals surface area contributed by atoms with Crippen molar-refractivity contribution < 1.29 is 19.4 Å². The molecule has 2 N–H and O–H groups in total. The Morgan fingerprint density at radius 3 is 2.80 bits per heavy atom. The van der Waals surface area contributed by atoms with Gasteiger partial charge in [-0.25, -0.2) is 0 Å². The third kappa shape index (κ3) is 3.50. The molecule has 1 aromatic rings. The Kier molecular flexibility index (Phi) is 4.61. The van der Waals surface area contributed by atoms with Crippen molar-refractivity contribution in [2.45, 2.75) is 32.2 Å². The van der Waals surface area contributed by atoms with E-state index in [4.69, 9.17) is 9.84 Å². The number of para-hydroxylation sites is 1. The highest BCUT2D eigenvalue weighted by molar-refractivity contribution is 5.79. The molecule has 5 heteroatoms. The first-order valence-electron chi connectivity index (χ1n) is 6.78. The number of aliphatic carboxylic acids is 1. The van der Waals surface area contributed by atoms with Crippen LogP contribution in [-0.2, 0) is 9.59 Å². The minimum Gasteiger partial charge on any atom is -0.484 e. The lowest BCUT2D eigenvalue weighted by molar-refractivity contribution is -0.142. The number of carbonyl (C=O) groups excluding carboxylic acids is 1. The Hall–Kier alpha value is -2.04. The lowest BCUT2D eigenvalue weighted by Crippen LogP contribution is -2.42. The molecule has 0 saturated heterocycles. The number of rotatable bonds is 5. The average molecular weight is 277 g/mol. The fourth-order valence-electron chi connectivity index (χ4n) is 2.54. The molecular weight excluding hydrogens is 258 g/mol. The average Bonchev–Trinajstić information content (AvgIpc) is 2.86. The van der Waals surface area contributed by atoms with Crippen LogP contribution in [0.15, 0.2) is 24.3 Å². The van der Waals surface area contributed by atoms with Gasteiger partial charge in [0.05, 0.1) is 5.92 Å². The standard InChI is InChI=1S/C15H19NO4/c1-10-5-2-3-8-13(10)20-9-14(17)16-12-7-4-6-11(12)15(18)19/h2-3,5,8,11-12H,4,6-7,9H2,1H3,(H,16,17)(H,18,19). The van der Waals surface area contributed by atoms with E-state index in [2.05, 4.69) is 5.32 Å². The number of benzene rings is 1. The van der Waals surface area contributed by atoms with Crippen molar-refractivity contribution in [3.05, 3.63) is 29.8 Å². The maximum Gasteiger partial charge on any atom is 0.308 e. The van der Waals surface area contributed by atoms with Crippen LogP contribution in [0.3, 0.4) is 0 Å². The summed E-state index contributed by atoms with van der Waals surface area (Å²) >= 11 is 0. The second-order valence-corrected chi connectivity index (χ2v) is 5.10. The zero-order chi connectivity index (χ0) is 14.5. The van der Waals surface area contributed by atoms with E-state index in [9.17, 15) is 9.59 Å². The zero-order valence-corrected chi connectivity index (χ0v) is 11.5. The summed E-state index contributed by atoms with van der Waals surface area (Å²) in [5, 5.41) is 11.8. The maximum absolute atomic E-state index is 11.8. The van der Waals surface area contributed by atoms with Gasteiger partial charge in [0, 0.05) is 6.04 Å². The Labute approximate surface area is 117 Å². The number of aryl methyl sites for hydroxylation is 1. The summed E-state index contributed by atoms with van der Waals surface area (Å²) in [4.78, 5) is 22.9. The van der Waals surface area contributed by atoms with Crippen molar-refractivity contribution >= 4 is 11.9 Å². The second-order valence-electron chi connectivity index (χ2n) is 5.10. The molecule has 2 unspecified atom stereocenters. The SMILES string of the molecule is Cc1ccccc1OCC(=O)NC1CCCC1C(=O)O. The number of carboxylic acid groups (broad SMARTS) is 1. The molecule has 5 nitrogen and oxygen atoms in total. The molecule has 2 rings (SSSR count). The quantitative estimate of drug-likeness (QED) is 0.859. The Bertz CT molecular complexity index is 500. The minimum atomic E-state index is -0.840. The van der Waals surface area contributed by atoms with Gasteiger partial charge < -0.3 is 15.2 Å². The van der Waals surface area contributed by atoms with Crippen LogP contribution in [0.1, 0.15) is 24.8 Å². The van der Waals surface area contributed by atoms with E-state index in [1.165, 1.54) is 0 Å². The molecule has 0 spiro atoms. The Morgan fingerprint density at radius 2 is 2.10 bits per heavy atom. The van der Waals surface area contributed by atoms with Gasteiger partial charge in [0.15, 0.2) is 6.61 Å². The predicted octanol–water partition coefficient (Wildman–Crippen LogP) is 1.74. The summed E-state index contributed by atoms with van der Waals surface area (Å²) in [5.74, 6) is -0.916. The molecule has 1 aromatic carbocycles. The topological polar surface area (TPSA) is 75.6 Å². The Balaban J connectivity index is 1.84. The number of carbonyl (C=O) groups is 2. The highest BCUT2D eigenvalue weighted by Crippen LogP contribution is 2.25. The van der Waals surface area contributed by atoms with Crippen molar-refractivity contribution in [3.8, 4) is 5.75 Å². The molecule has 0 bridgehead atoms. The number of hydrogen-bond acceptors (Lipinski definition) is 3. The number of carboxylic acids is 1. The van der Waals surface area contributed by atoms with Gasteiger partial charge in [-0.2, -0.15) is 0 Å². The normalized spacial score (nSPS) is 21.4.